The maximum Gasteiger partial charge on any atom is 0.293 e. The third-order valence-electron chi connectivity index (χ3n) is 6.67. The Morgan fingerprint density at radius 1 is 0.927 bits per heavy atom. The van der Waals surface area contributed by atoms with Crippen LogP contribution >= 0.6 is 0 Å². The Labute approximate surface area is 239 Å². The molecule has 0 spiro atoms. The zero-order chi connectivity index (χ0) is 28.4. The van der Waals surface area contributed by atoms with Crippen LogP contribution in [0.5, 0.6) is 5.75 Å². The molecule has 0 unspecified atom stereocenters. The Balaban J connectivity index is 1.27. The first-order valence-corrected chi connectivity index (χ1v) is 13.3. The van der Waals surface area contributed by atoms with E-state index < -0.39 is 5.91 Å². The van der Waals surface area contributed by atoms with Gasteiger partial charge in [-0.15, -0.1) is 0 Å². The van der Waals surface area contributed by atoms with Gasteiger partial charge in [-0.2, -0.15) is 0 Å². The van der Waals surface area contributed by atoms with Gasteiger partial charge in [-0.3, -0.25) is 14.9 Å². The van der Waals surface area contributed by atoms with Crippen LogP contribution in [0, 0.1) is 11.8 Å². The average molecular weight is 550 g/mol. The molecule has 1 amide bonds. The summed E-state index contributed by atoms with van der Waals surface area (Å²) in [5.74, 6) is 6.74. The van der Waals surface area contributed by atoms with Gasteiger partial charge in [0.15, 0.2) is 0 Å². The van der Waals surface area contributed by atoms with E-state index in [1.807, 2.05) is 60.7 Å². The smallest absolute Gasteiger partial charge is 0.293 e. The standard InChI is InChI=1S/C32H31N5O4/c1-40-28-14-10-25(11-15-28)21-33-32-34-29(20-30(35-32)31(38)36-39)27-12-8-24(9-13-27)3-2-23-4-6-26(7-5-23)22-37-16-18-41-19-17-37/h4-15,20,39H,16-19,21-22H2,1H3,(H,36,38)(H,33,34,35). The predicted molar refractivity (Wildman–Crippen MR) is 156 cm³/mol. The second kappa shape index (κ2) is 13.5. The lowest BCUT2D eigenvalue weighted by atomic mass is 10.1. The van der Waals surface area contributed by atoms with Crippen LogP contribution < -0.4 is 15.5 Å². The Bertz CT molecular complexity index is 1520. The molecule has 0 saturated carbocycles. The van der Waals surface area contributed by atoms with E-state index in [2.05, 4.69) is 44.2 Å². The molecule has 1 saturated heterocycles. The van der Waals surface area contributed by atoms with Crippen LogP contribution in [0.15, 0.2) is 78.9 Å². The molecule has 3 aromatic carbocycles. The minimum Gasteiger partial charge on any atom is -0.497 e. The molecule has 0 bridgehead atoms. The molecule has 5 rings (SSSR count). The number of ether oxygens (including phenoxy) is 2. The number of carbonyl (C=O) groups is 1. The minimum atomic E-state index is -0.723. The maximum atomic E-state index is 12.2. The SMILES string of the molecule is COc1ccc(CNc2nc(C(=O)NO)cc(-c3ccc(C#Cc4ccc(CN5CCOCC5)cc4)cc3)n2)cc1. The molecule has 9 heteroatoms. The van der Waals surface area contributed by atoms with Gasteiger partial charge in [0.05, 0.1) is 26.0 Å². The molecule has 3 N–H and O–H groups in total. The normalized spacial score (nSPS) is 13.1. The molecule has 1 aromatic heterocycles. The van der Waals surface area contributed by atoms with E-state index in [0.29, 0.717) is 12.2 Å². The molecular formula is C32H31N5O4. The molecule has 0 radical (unpaired) electrons. The third-order valence-corrected chi connectivity index (χ3v) is 6.67. The molecule has 1 aliphatic rings. The van der Waals surface area contributed by atoms with Gasteiger partial charge in [0.2, 0.25) is 5.95 Å². The van der Waals surface area contributed by atoms with Crippen molar-refractivity contribution in [3.05, 3.63) is 107 Å². The number of hydroxylamine groups is 1. The number of hydrogen-bond acceptors (Lipinski definition) is 8. The number of benzene rings is 3. The van der Waals surface area contributed by atoms with Crippen molar-refractivity contribution in [3.63, 3.8) is 0 Å². The Morgan fingerprint density at radius 3 is 2.20 bits per heavy atom. The van der Waals surface area contributed by atoms with Crippen molar-refractivity contribution in [1.29, 1.82) is 0 Å². The fraction of sp³-hybridized carbons (Fsp3) is 0.219. The van der Waals surface area contributed by atoms with Crippen molar-refractivity contribution >= 4 is 11.9 Å². The highest BCUT2D eigenvalue weighted by atomic mass is 16.5. The lowest BCUT2D eigenvalue weighted by Gasteiger charge is -2.26. The fourth-order valence-electron chi connectivity index (χ4n) is 4.35. The van der Waals surface area contributed by atoms with Gasteiger partial charge in [-0.05, 0) is 53.6 Å². The van der Waals surface area contributed by atoms with E-state index in [4.69, 9.17) is 14.7 Å². The van der Waals surface area contributed by atoms with Crippen molar-refractivity contribution in [2.45, 2.75) is 13.1 Å². The van der Waals surface area contributed by atoms with E-state index in [9.17, 15) is 4.79 Å². The number of amides is 1. The van der Waals surface area contributed by atoms with Crippen molar-refractivity contribution in [1.82, 2.24) is 20.3 Å². The van der Waals surface area contributed by atoms with E-state index in [0.717, 1.165) is 60.9 Å². The number of rotatable bonds is 8. The third kappa shape index (κ3) is 7.68. The summed E-state index contributed by atoms with van der Waals surface area (Å²) < 4.78 is 10.6. The minimum absolute atomic E-state index is 0.0377. The lowest BCUT2D eigenvalue weighted by Crippen LogP contribution is -2.35. The molecule has 0 aliphatic carbocycles. The average Bonchev–Trinajstić information content (AvgIpc) is 3.04. The molecule has 208 valence electrons. The van der Waals surface area contributed by atoms with Gasteiger partial charge in [-0.1, -0.05) is 48.2 Å². The first-order chi connectivity index (χ1) is 20.1. The molecule has 2 heterocycles. The molecule has 0 atom stereocenters. The van der Waals surface area contributed by atoms with E-state index >= 15 is 0 Å². The van der Waals surface area contributed by atoms with Crippen LogP contribution in [-0.4, -0.2) is 59.4 Å². The van der Waals surface area contributed by atoms with E-state index in [-0.39, 0.29) is 11.6 Å². The van der Waals surface area contributed by atoms with Crippen molar-refractivity contribution in [3.8, 4) is 28.8 Å². The topological polar surface area (TPSA) is 109 Å². The monoisotopic (exact) mass is 549 g/mol. The number of morpholine rings is 1. The Hall–Kier alpha value is -4.75. The maximum absolute atomic E-state index is 12.2. The first-order valence-electron chi connectivity index (χ1n) is 13.3. The second-order valence-corrected chi connectivity index (χ2v) is 9.52. The molecule has 1 fully saturated rings. The summed E-state index contributed by atoms with van der Waals surface area (Å²) in [6.07, 6.45) is 0. The van der Waals surface area contributed by atoms with Crippen LogP contribution in [0.4, 0.5) is 5.95 Å². The molecule has 4 aromatic rings. The molecule has 1 aliphatic heterocycles. The van der Waals surface area contributed by atoms with Gasteiger partial charge in [0.1, 0.15) is 11.4 Å². The number of anilines is 1. The van der Waals surface area contributed by atoms with E-state index in [1.54, 1.807) is 12.6 Å². The summed E-state index contributed by atoms with van der Waals surface area (Å²) in [6.45, 7) is 4.87. The number of nitrogens with zero attached hydrogens (tertiary/aromatic N) is 3. The lowest BCUT2D eigenvalue weighted by molar-refractivity contribution is 0.0342. The van der Waals surface area contributed by atoms with Gasteiger partial charge in [-0.25, -0.2) is 15.4 Å². The number of carbonyl (C=O) groups excluding carboxylic acids is 1. The largest absolute Gasteiger partial charge is 0.497 e. The van der Waals surface area contributed by atoms with Crippen LogP contribution in [0.2, 0.25) is 0 Å². The highest BCUT2D eigenvalue weighted by Gasteiger charge is 2.13. The number of nitrogens with one attached hydrogen (secondary N) is 2. The summed E-state index contributed by atoms with van der Waals surface area (Å²) in [7, 11) is 1.62. The quantitative estimate of drug-likeness (QED) is 0.171. The molecular weight excluding hydrogens is 518 g/mol. The van der Waals surface area contributed by atoms with Crippen LogP contribution in [0.3, 0.4) is 0 Å². The van der Waals surface area contributed by atoms with Gasteiger partial charge in [0.25, 0.3) is 5.91 Å². The zero-order valence-corrected chi connectivity index (χ0v) is 22.8. The fourth-order valence-corrected chi connectivity index (χ4v) is 4.35. The highest BCUT2D eigenvalue weighted by Crippen LogP contribution is 2.21. The van der Waals surface area contributed by atoms with Crippen molar-refractivity contribution in [2.24, 2.45) is 0 Å². The van der Waals surface area contributed by atoms with Gasteiger partial charge < -0.3 is 14.8 Å². The number of aromatic nitrogens is 2. The van der Waals surface area contributed by atoms with Crippen LogP contribution in [0.1, 0.15) is 32.7 Å². The molecule has 9 nitrogen and oxygen atoms in total. The summed E-state index contributed by atoms with van der Waals surface area (Å²) in [5, 5.41) is 12.3. The first kappa shape index (κ1) is 27.8. The second-order valence-electron chi connectivity index (χ2n) is 9.52. The van der Waals surface area contributed by atoms with Crippen molar-refractivity contribution in [2.75, 3.05) is 38.7 Å². The Kier molecular flexibility index (Phi) is 9.19. The number of hydrogen-bond donors (Lipinski definition) is 3. The van der Waals surface area contributed by atoms with Gasteiger partial charge >= 0.3 is 0 Å². The summed E-state index contributed by atoms with van der Waals surface area (Å²) in [4.78, 5) is 23.4. The summed E-state index contributed by atoms with van der Waals surface area (Å²) >= 11 is 0. The van der Waals surface area contributed by atoms with Crippen molar-refractivity contribution < 1.29 is 19.5 Å². The van der Waals surface area contributed by atoms with E-state index in [1.165, 1.54) is 11.6 Å². The van der Waals surface area contributed by atoms with Crippen LogP contribution in [0.25, 0.3) is 11.3 Å². The van der Waals surface area contributed by atoms with Crippen LogP contribution in [-0.2, 0) is 17.8 Å². The summed E-state index contributed by atoms with van der Waals surface area (Å²) in [5.41, 5.74) is 7.05. The zero-order valence-electron chi connectivity index (χ0n) is 22.8. The van der Waals surface area contributed by atoms with Gasteiger partial charge in [0, 0.05) is 42.9 Å². The Morgan fingerprint density at radius 2 is 1.56 bits per heavy atom. The highest BCUT2D eigenvalue weighted by molar-refractivity contribution is 5.92. The number of methoxy groups -OCH3 is 1. The molecule has 41 heavy (non-hydrogen) atoms. The summed E-state index contributed by atoms with van der Waals surface area (Å²) in [6, 6.07) is 25.1. The predicted octanol–water partition coefficient (Wildman–Crippen LogP) is 4.12.